The maximum Gasteiger partial charge on any atom is 0.332 e. The van der Waals surface area contributed by atoms with Crippen LogP contribution in [0.5, 0.6) is 5.75 Å². The van der Waals surface area contributed by atoms with Gasteiger partial charge in [0.2, 0.25) is 20.0 Å². The van der Waals surface area contributed by atoms with Crippen molar-refractivity contribution in [3.05, 3.63) is 56.6 Å². The molecule has 4 heterocycles. The third kappa shape index (κ3) is 9.67. The van der Waals surface area contributed by atoms with E-state index in [1.165, 1.54) is 57.3 Å². The van der Waals surface area contributed by atoms with Crippen molar-refractivity contribution in [2.75, 3.05) is 69.4 Å². The predicted octanol–water partition coefficient (Wildman–Crippen LogP) is 3.36. The lowest BCUT2D eigenvalue weighted by Gasteiger charge is -2.34. The molecule has 4 fully saturated rings. The Bertz CT molecular complexity index is 2070. The van der Waals surface area contributed by atoms with Crippen LogP contribution in [0.3, 0.4) is 0 Å². The van der Waals surface area contributed by atoms with E-state index in [2.05, 4.69) is 32.0 Å². The molecular formula is C42H58N6O8S2. The minimum Gasteiger partial charge on any atom is -0.387 e. The van der Waals surface area contributed by atoms with Gasteiger partial charge in [-0.15, -0.1) is 5.26 Å². The van der Waals surface area contributed by atoms with Crippen LogP contribution in [-0.4, -0.2) is 109 Å². The Labute approximate surface area is 343 Å². The first-order valence-electron chi connectivity index (χ1n) is 21.3. The summed E-state index contributed by atoms with van der Waals surface area (Å²) in [5.74, 6) is 1.30. The summed E-state index contributed by atoms with van der Waals surface area (Å²) in [6.45, 7) is 6.57. The van der Waals surface area contributed by atoms with Crippen molar-refractivity contribution in [3.8, 4) is 12.0 Å². The Morgan fingerprint density at radius 1 is 0.724 bits per heavy atom. The summed E-state index contributed by atoms with van der Waals surface area (Å²) < 4.78 is 64.8. The van der Waals surface area contributed by atoms with Crippen molar-refractivity contribution < 1.29 is 35.8 Å². The van der Waals surface area contributed by atoms with Gasteiger partial charge in [0.05, 0.1) is 50.0 Å². The van der Waals surface area contributed by atoms with Gasteiger partial charge < -0.3 is 19.5 Å². The highest BCUT2D eigenvalue weighted by Gasteiger charge is 2.36. The quantitative estimate of drug-likeness (QED) is 0.314. The lowest BCUT2D eigenvalue weighted by molar-refractivity contribution is -0.0578. The number of nitrogens with zero attached hydrogens (tertiary/aromatic N) is 3. The third-order valence-electron chi connectivity index (χ3n) is 13.4. The smallest absolute Gasteiger partial charge is 0.332 e. The largest absolute Gasteiger partial charge is 0.387 e. The Balaban J connectivity index is 0.000000135. The maximum atomic E-state index is 12.6. The minimum atomic E-state index is -3.67. The Morgan fingerprint density at radius 2 is 1.17 bits per heavy atom. The Kier molecular flexibility index (Phi) is 12.7. The van der Waals surface area contributed by atoms with Crippen molar-refractivity contribution in [2.24, 2.45) is 17.0 Å². The number of benzene rings is 2. The summed E-state index contributed by atoms with van der Waals surface area (Å²) >= 11 is 0. The van der Waals surface area contributed by atoms with Gasteiger partial charge in [-0.25, -0.2) is 31.5 Å². The van der Waals surface area contributed by atoms with Crippen molar-refractivity contribution >= 4 is 31.8 Å². The molecule has 4 aliphatic carbocycles. The van der Waals surface area contributed by atoms with Crippen molar-refractivity contribution in [1.29, 1.82) is 5.26 Å². The predicted molar refractivity (Wildman–Crippen MR) is 220 cm³/mol. The molecule has 8 aliphatic rings. The number of ether oxygens (including phenoxy) is 3. The van der Waals surface area contributed by atoms with Crippen LogP contribution in [0.4, 0.5) is 10.5 Å². The fourth-order valence-corrected chi connectivity index (χ4v) is 12.6. The zero-order chi connectivity index (χ0) is 40.4. The van der Waals surface area contributed by atoms with Crippen LogP contribution in [0, 0.1) is 23.4 Å². The summed E-state index contributed by atoms with van der Waals surface area (Å²) in [5, 5.41) is 16.6. The molecule has 0 aromatic heterocycles. The molecule has 316 valence electrons. The molecule has 14 nitrogen and oxygen atoms in total. The van der Waals surface area contributed by atoms with Gasteiger partial charge in [0.15, 0.2) is 0 Å². The summed E-state index contributed by atoms with van der Waals surface area (Å²) in [4.78, 5) is 17.2. The zero-order valence-corrected chi connectivity index (χ0v) is 35.1. The van der Waals surface area contributed by atoms with Crippen LogP contribution in [-0.2, 0) is 80.9 Å². The van der Waals surface area contributed by atoms with Gasteiger partial charge in [-0.2, -0.15) is 0 Å². The van der Waals surface area contributed by atoms with Gasteiger partial charge in [0.25, 0.3) is 6.26 Å². The fraction of sp³-hybridized carbons (Fsp3) is 0.667. The number of carbonyl (C=O) groups excluding carboxylic acids is 1. The van der Waals surface area contributed by atoms with E-state index in [0.29, 0.717) is 12.1 Å². The first kappa shape index (κ1) is 41.4. The molecule has 10 rings (SSSR count). The van der Waals surface area contributed by atoms with Crippen LogP contribution in [0.25, 0.3) is 0 Å². The van der Waals surface area contributed by atoms with Crippen LogP contribution < -0.4 is 19.9 Å². The molecule has 4 aliphatic heterocycles. The van der Waals surface area contributed by atoms with Gasteiger partial charge in [-0.1, -0.05) is 12.1 Å². The Morgan fingerprint density at radius 3 is 1.60 bits per heavy atom. The molecule has 0 saturated carbocycles. The number of anilines is 1. The van der Waals surface area contributed by atoms with Crippen molar-refractivity contribution in [1.82, 2.24) is 14.5 Å². The molecular weight excluding hydrogens is 781 g/mol. The molecule has 2 aromatic rings. The van der Waals surface area contributed by atoms with Gasteiger partial charge in [0, 0.05) is 18.8 Å². The lowest BCUT2D eigenvalue weighted by atomic mass is 9.99. The first-order valence-corrected chi connectivity index (χ1v) is 24.6. The molecule has 0 radical (unpaired) electrons. The monoisotopic (exact) mass is 838 g/mol. The molecule has 2 unspecified atom stereocenters. The number of rotatable bonds is 9. The number of carbonyl (C=O) groups is 1. The molecule has 0 bridgehead atoms. The van der Waals surface area contributed by atoms with E-state index in [9.17, 15) is 21.6 Å². The topological polar surface area (TPSA) is 193 Å². The number of hydrogen-bond donors (Lipinski definition) is 3. The molecule has 4 saturated heterocycles. The van der Waals surface area contributed by atoms with Crippen molar-refractivity contribution in [3.63, 3.8) is 0 Å². The molecule has 58 heavy (non-hydrogen) atoms. The van der Waals surface area contributed by atoms with Crippen LogP contribution in [0.1, 0.15) is 83.0 Å². The second-order valence-electron chi connectivity index (χ2n) is 17.5. The van der Waals surface area contributed by atoms with Crippen LogP contribution >= 0.6 is 0 Å². The van der Waals surface area contributed by atoms with Crippen LogP contribution in [0.15, 0.2) is 12.1 Å². The Hall–Kier alpha value is -3.30. The average molecular weight is 839 g/mol. The first-order chi connectivity index (χ1) is 27.9. The van der Waals surface area contributed by atoms with E-state index >= 15 is 0 Å². The number of nitriles is 1. The van der Waals surface area contributed by atoms with E-state index in [0.717, 1.165) is 141 Å². The highest BCUT2D eigenvalue weighted by atomic mass is 32.2. The van der Waals surface area contributed by atoms with Crippen LogP contribution in [0.2, 0.25) is 0 Å². The number of fused-ring (bicyclic) bond motifs is 4. The van der Waals surface area contributed by atoms with E-state index in [1.54, 1.807) is 0 Å². The second kappa shape index (κ2) is 17.7. The summed E-state index contributed by atoms with van der Waals surface area (Å²) in [6.07, 6.45) is 16.7. The zero-order valence-electron chi connectivity index (χ0n) is 33.4. The standard InChI is InChI=1S/C21H29N3O4S.C13H13NO.C8H16N2O3S/c25-21(22-20-18-5-1-3-15(18)9-16-4-2-6-19(16)20)23-29(26,27)13-14-7-8-24(10-14)17-11-28-12-17;14-8-15-13-11-5-1-3-9(11)7-10-4-2-6-12(10)13;9-14(11,12)6-7-1-2-10(3-7)8-4-13-5-8/h9,14,17H,1-8,10-13H2,(H2,22,23,25);7H,1-6H2;7-8H,1-6H2,(H2,9,11,12). The van der Waals surface area contributed by atoms with Gasteiger partial charge in [-0.05, 0) is 159 Å². The highest BCUT2D eigenvalue weighted by Crippen LogP contribution is 2.41. The van der Waals surface area contributed by atoms with Gasteiger partial charge >= 0.3 is 6.03 Å². The SMILES string of the molecule is N#COc1c2c(cc3c1CCC3)CCC2.NS(=O)(=O)CC1CCN(C2COC2)C1.O=C(Nc1c2c(cc3c1CCC3)CCC2)NS(=O)(=O)CC1CCN(C2COC2)C1. The normalized spacial score (nSPS) is 23.9. The number of sulfonamides is 2. The molecule has 2 aromatic carbocycles. The van der Waals surface area contributed by atoms with E-state index in [-0.39, 0.29) is 23.3 Å². The second-order valence-corrected chi connectivity index (χ2v) is 20.9. The third-order valence-corrected chi connectivity index (χ3v) is 15.7. The molecule has 0 spiro atoms. The number of aryl methyl sites for hydroxylation is 4. The highest BCUT2D eigenvalue weighted by molar-refractivity contribution is 7.90. The number of hydrogen-bond acceptors (Lipinski definition) is 11. The summed E-state index contributed by atoms with van der Waals surface area (Å²) in [7, 11) is -6.97. The summed E-state index contributed by atoms with van der Waals surface area (Å²) in [5.41, 5.74) is 11.3. The summed E-state index contributed by atoms with van der Waals surface area (Å²) in [6, 6.07) is 4.96. The molecule has 16 heteroatoms. The molecule has 2 amide bonds. The van der Waals surface area contributed by atoms with Gasteiger partial charge in [-0.3, -0.25) is 9.80 Å². The maximum absolute atomic E-state index is 12.6. The van der Waals surface area contributed by atoms with E-state index in [4.69, 9.17) is 24.6 Å². The number of likely N-dealkylation sites (tertiary alicyclic amines) is 2. The van der Waals surface area contributed by atoms with Crippen molar-refractivity contribution in [2.45, 2.75) is 102 Å². The number of urea groups is 1. The minimum absolute atomic E-state index is 0.00446. The fourth-order valence-electron chi connectivity index (χ4n) is 10.4. The number of primary sulfonamides is 1. The molecule has 4 N–H and O–H groups in total. The number of nitrogens with two attached hydrogens (primary N) is 1. The van der Waals surface area contributed by atoms with E-state index in [1.807, 2.05) is 6.26 Å². The lowest BCUT2D eigenvalue weighted by Crippen LogP contribution is -2.48. The molecule has 2 atom stereocenters. The number of nitrogens with one attached hydrogen (secondary N) is 2. The average Bonchev–Trinajstić information content (AvgIpc) is 3.96. The number of amides is 2. The van der Waals surface area contributed by atoms with Gasteiger partial charge in [0.1, 0.15) is 5.75 Å². The van der Waals surface area contributed by atoms with E-state index < -0.39 is 26.1 Å².